The number of nitrogens with zero attached hydrogens (tertiary/aromatic N) is 3. The summed E-state index contributed by atoms with van der Waals surface area (Å²) in [4.78, 5) is 22.2. The third kappa shape index (κ3) is 5.97. The molecule has 0 fully saturated rings. The van der Waals surface area contributed by atoms with Gasteiger partial charge in [0.2, 0.25) is 0 Å². The van der Waals surface area contributed by atoms with E-state index in [1.807, 2.05) is 14.1 Å². The summed E-state index contributed by atoms with van der Waals surface area (Å²) in [5.41, 5.74) is 0.399. The van der Waals surface area contributed by atoms with Crippen LogP contribution in [0.4, 0.5) is 5.82 Å². The number of hydrogen-bond acceptors (Lipinski definition) is 5. The molecule has 1 unspecified atom stereocenters. The van der Waals surface area contributed by atoms with E-state index in [9.17, 15) is 4.79 Å². The molecule has 0 aliphatic heterocycles. The molecule has 112 valence electrons. The van der Waals surface area contributed by atoms with Crippen LogP contribution in [-0.4, -0.2) is 54.0 Å². The number of aromatic nitrogens is 2. The summed E-state index contributed by atoms with van der Waals surface area (Å²) in [5, 5.41) is 6.10. The highest BCUT2D eigenvalue weighted by Crippen LogP contribution is 2.07. The smallest absolute Gasteiger partial charge is 0.270 e. The first kappa shape index (κ1) is 16.4. The minimum Gasteiger partial charge on any atom is -0.368 e. The lowest BCUT2D eigenvalue weighted by atomic mass is 10.2. The highest BCUT2D eigenvalue weighted by molar-refractivity contribution is 5.92. The summed E-state index contributed by atoms with van der Waals surface area (Å²) >= 11 is 0. The van der Waals surface area contributed by atoms with Crippen molar-refractivity contribution < 1.29 is 4.79 Å². The number of rotatable bonds is 8. The zero-order valence-electron chi connectivity index (χ0n) is 12.8. The lowest BCUT2D eigenvalue weighted by Gasteiger charge is -2.12. The maximum absolute atomic E-state index is 12.0. The van der Waals surface area contributed by atoms with Gasteiger partial charge in [0.1, 0.15) is 17.8 Å². The van der Waals surface area contributed by atoms with Crippen LogP contribution in [0.1, 0.15) is 37.2 Å². The van der Waals surface area contributed by atoms with Gasteiger partial charge in [-0.25, -0.2) is 9.97 Å². The number of amides is 1. The van der Waals surface area contributed by atoms with Crippen molar-refractivity contribution in [2.24, 2.45) is 0 Å². The molecule has 1 heterocycles. The van der Waals surface area contributed by atoms with E-state index in [-0.39, 0.29) is 5.91 Å². The molecule has 1 amide bonds. The molecule has 6 nitrogen and oxygen atoms in total. The molecule has 6 heteroatoms. The number of carbonyl (C=O) groups is 1. The molecule has 20 heavy (non-hydrogen) atoms. The summed E-state index contributed by atoms with van der Waals surface area (Å²) in [6.45, 7) is 5.76. The molecule has 2 N–H and O–H groups in total. The van der Waals surface area contributed by atoms with Gasteiger partial charge >= 0.3 is 0 Å². The minimum atomic E-state index is -0.154. The second-order valence-electron chi connectivity index (χ2n) is 5.15. The summed E-state index contributed by atoms with van der Waals surface area (Å²) in [6, 6.07) is 2.01. The van der Waals surface area contributed by atoms with Crippen LogP contribution >= 0.6 is 0 Å². The molecule has 1 aromatic rings. The Hall–Kier alpha value is -1.69. The summed E-state index contributed by atoms with van der Waals surface area (Å²) in [7, 11) is 4.03. The predicted molar refractivity (Wildman–Crippen MR) is 80.9 cm³/mol. The van der Waals surface area contributed by atoms with Gasteiger partial charge in [-0.2, -0.15) is 0 Å². The molecule has 1 atom stereocenters. The van der Waals surface area contributed by atoms with Gasteiger partial charge in [-0.3, -0.25) is 4.79 Å². The number of anilines is 1. The van der Waals surface area contributed by atoms with Gasteiger partial charge in [0.25, 0.3) is 5.91 Å². The monoisotopic (exact) mass is 279 g/mol. The zero-order chi connectivity index (χ0) is 15.0. The van der Waals surface area contributed by atoms with Crippen LogP contribution in [0.25, 0.3) is 0 Å². The van der Waals surface area contributed by atoms with Crippen LogP contribution < -0.4 is 10.6 Å². The number of nitrogens with one attached hydrogen (secondary N) is 2. The van der Waals surface area contributed by atoms with Crippen LogP contribution in [0.3, 0.4) is 0 Å². The van der Waals surface area contributed by atoms with Gasteiger partial charge in [0.05, 0.1) is 0 Å². The number of hydrogen-bond donors (Lipinski definition) is 2. The first-order valence-electron chi connectivity index (χ1n) is 7.04. The Kier molecular flexibility index (Phi) is 6.93. The van der Waals surface area contributed by atoms with E-state index in [1.165, 1.54) is 6.33 Å². The summed E-state index contributed by atoms with van der Waals surface area (Å²) in [5.74, 6) is 0.533. The van der Waals surface area contributed by atoms with Crippen LogP contribution in [0.5, 0.6) is 0 Å². The molecule has 0 bridgehead atoms. The van der Waals surface area contributed by atoms with E-state index < -0.39 is 0 Å². The Morgan fingerprint density at radius 2 is 2.15 bits per heavy atom. The van der Waals surface area contributed by atoms with Gasteiger partial charge in [-0.15, -0.1) is 0 Å². The van der Waals surface area contributed by atoms with Crippen molar-refractivity contribution in [3.05, 3.63) is 18.1 Å². The minimum absolute atomic E-state index is 0.154. The fourth-order valence-electron chi connectivity index (χ4n) is 1.60. The van der Waals surface area contributed by atoms with Gasteiger partial charge < -0.3 is 15.5 Å². The molecule has 1 rings (SSSR count). The second kappa shape index (κ2) is 8.47. The first-order valence-corrected chi connectivity index (χ1v) is 7.04. The Bertz CT molecular complexity index is 422. The Balaban J connectivity index is 2.49. The van der Waals surface area contributed by atoms with Crippen LogP contribution in [0.2, 0.25) is 0 Å². The van der Waals surface area contributed by atoms with Gasteiger partial charge in [-0.1, -0.05) is 6.92 Å². The number of carbonyl (C=O) groups excluding carboxylic acids is 1. The van der Waals surface area contributed by atoms with Gasteiger partial charge in [0.15, 0.2) is 0 Å². The average molecular weight is 279 g/mol. The van der Waals surface area contributed by atoms with E-state index in [4.69, 9.17) is 0 Å². The van der Waals surface area contributed by atoms with Crippen molar-refractivity contribution in [1.29, 1.82) is 0 Å². The maximum atomic E-state index is 12.0. The van der Waals surface area contributed by atoms with Crippen molar-refractivity contribution in [3.63, 3.8) is 0 Å². The molecule has 0 saturated carbocycles. The molecular formula is C14H25N5O. The third-order valence-corrected chi connectivity index (χ3v) is 2.97. The van der Waals surface area contributed by atoms with E-state index in [2.05, 4.69) is 39.3 Å². The summed E-state index contributed by atoms with van der Waals surface area (Å²) in [6.07, 6.45) is 3.33. The van der Waals surface area contributed by atoms with E-state index >= 15 is 0 Å². The molecule has 0 aliphatic rings. The van der Waals surface area contributed by atoms with Crippen molar-refractivity contribution in [2.75, 3.05) is 32.5 Å². The highest BCUT2D eigenvalue weighted by Gasteiger charge is 2.09. The maximum Gasteiger partial charge on any atom is 0.270 e. The average Bonchev–Trinajstić information content (AvgIpc) is 2.43. The second-order valence-corrected chi connectivity index (χ2v) is 5.15. The van der Waals surface area contributed by atoms with Crippen molar-refractivity contribution >= 4 is 11.7 Å². The van der Waals surface area contributed by atoms with Crippen molar-refractivity contribution in [3.8, 4) is 0 Å². The van der Waals surface area contributed by atoms with E-state index in [0.717, 1.165) is 19.4 Å². The standard InChI is InChI=1S/C14H25N5O/c1-5-11(2)18-13-9-12(16-10-17-13)14(20)15-7-6-8-19(3)4/h9-11H,5-8H2,1-4H3,(H,15,20)(H,16,17,18). The SMILES string of the molecule is CCC(C)Nc1cc(C(=O)NCCCN(C)C)ncn1. The quantitative estimate of drug-likeness (QED) is 0.703. The fraction of sp³-hybridized carbons (Fsp3) is 0.643. The molecule has 0 aliphatic carbocycles. The normalized spacial score (nSPS) is 12.2. The van der Waals surface area contributed by atoms with Crippen LogP contribution in [0, 0.1) is 0 Å². The van der Waals surface area contributed by atoms with Crippen molar-refractivity contribution in [1.82, 2.24) is 20.2 Å². The van der Waals surface area contributed by atoms with Crippen molar-refractivity contribution in [2.45, 2.75) is 32.7 Å². The molecule has 0 aromatic carbocycles. The molecule has 0 saturated heterocycles. The van der Waals surface area contributed by atoms with Gasteiger partial charge in [0, 0.05) is 18.7 Å². The molecule has 1 aromatic heterocycles. The largest absolute Gasteiger partial charge is 0.368 e. The van der Waals surface area contributed by atoms with E-state index in [0.29, 0.717) is 24.1 Å². The van der Waals surface area contributed by atoms with E-state index in [1.54, 1.807) is 6.07 Å². The third-order valence-electron chi connectivity index (χ3n) is 2.97. The van der Waals surface area contributed by atoms with Crippen LogP contribution in [-0.2, 0) is 0 Å². The summed E-state index contributed by atoms with van der Waals surface area (Å²) < 4.78 is 0. The molecule has 0 spiro atoms. The highest BCUT2D eigenvalue weighted by atomic mass is 16.1. The molecular weight excluding hydrogens is 254 g/mol. The lowest BCUT2D eigenvalue weighted by Crippen LogP contribution is -2.28. The zero-order valence-corrected chi connectivity index (χ0v) is 12.8. The Morgan fingerprint density at radius 3 is 2.80 bits per heavy atom. The van der Waals surface area contributed by atoms with Crippen LogP contribution in [0.15, 0.2) is 12.4 Å². The molecule has 0 radical (unpaired) electrons. The Labute approximate surface area is 121 Å². The lowest BCUT2D eigenvalue weighted by molar-refractivity contribution is 0.0947. The predicted octanol–water partition coefficient (Wildman–Crippen LogP) is 1.37. The fourth-order valence-corrected chi connectivity index (χ4v) is 1.60. The first-order chi connectivity index (χ1) is 9.52. The van der Waals surface area contributed by atoms with Gasteiger partial charge in [-0.05, 0) is 40.4 Å². The Morgan fingerprint density at radius 1 is 1.40 bits per heavy atom. The topological polar surface area (TPSA) is 70.2 Å².